The monoisotopic (exact) mass is 213 g/mol. The summed E-state index contributed by atoms with van der Waals surface area (Å²) in [5.41, 5.74) is 0. The molecular formula is C12H23NO2. The number of ether oxygens (including phenoxy) is 1. The number of carbonyl (C=O) groups excluding carboxylic acids is 1. The van der Waals surface area contributed by atoms with Gasteiger partial charge in [0, 0.05) is 6.08 Å². The summed E-state index contributed by atoms with van der Waals surface area (Å²) in [6.07, 6.45) is 3.18. The van der Waals surface area contributed by atoms with E-state index in [1.807, 2.05) is 6.92 Å². The Hall–Kier alpha value is -0.830. The third-order valence-electron chi connectivity index (χ3n) is 2.46. The van der Waals surface area contributed by atoms with E-state index in [-0.39, 0.29) is 12.1 Å². The Bertz CT molecular complexity index is 188. The van der Waals surface area contributed by atoms with Gasteiger partial charge in [-0.2, -0.15) is 0 Å². The lowest BCUT2D eigenvalue weighted by atomic mass is 10.2. The topological polar surface area (TPSA) is 29.5 Å². The average Bonchev–Trinajstić information content (AvgIpc) is 2.24. The molecule has 0 aliphatic carbocycles. The zero-order chi connectivity index (χ0) is 11.7. The third-order valence-corrected chi connectivity index (χ3v) is 2.46. The zero-order valence-electron chi connectivity index (χ0n) is 10.2. The Morgan fingerprint density at radius 1 is 1.47 bits per heavy atom. The first-order chi connectivity index (χ1) is 7.13. The molecule has 0 rings (SSSR count). The fourth-order valence-electron chi connectivity index (χ4n) is 1.45. The van der Waals surface area contributed by atoms with E-state index >= 15 is 0 Å². The molecule has 3 nitrogen and oxygen atoms in total. The van der Waals surface area contributed by atoms with Crippen molar-refractivity contribution in [2.75, 3.05) is 19.6 Å². The predicted molar refractivity (Wildman–Crippen MR) is 62.8 cm³/mol. The molecule has 0 aliphatic rings. The molecule has 1 unspecified atom stereocenters. The minimum absolute atomic E-state index is 0.00828. The highest BCUT2D eigenvalue weighted by molar-refractivity contribution is 5.81. The molecule has 0 saturated carbocycles. The van der Waals surface area contributed by atoms with Crippen molar-refractivity contribution in [3.8, 4) is 0 Å². The highest BCUT2D eigenvalue weighted by atomic mass is 16.5. The van der Waals surface area contributed by atoms with E-state index < -0.39 is 0 Å². The van der Waals surface area contributed by atoms with Crippen LogP contribution in [0.15, 0.2) is 12.7 Å². The Morgan fingerprint density at radius 3 is 2.53 bits per heavy atom. The SMILES string of the molecule is C=CC(=O)OC(C)CCCN(CC)CC. The van der Waals surface area contributed by atoms with Gasteiger partial charge in [0.2, 0.25) is 0 Å². The molecular weight excluding hydrogens is 190 g/mol. The maximum Gasteiger partial charge on any atom is 0.330 e. The Morgan fingerprint density at radius 2 is 2.07 bits per heavy atom. The minimum Gasteiger partial charge on any atom is -0.460 e. The highest BCUT2D eigenvalue weighted by Crippen LogP contribution is 2.03. The Balaban J connectivity index is 3.57. The molecule has 88 valence electrons. The van der Waals surface area contributed by atoms with Gasteiger partial charge in [-0.05, 0) is 39.4 Å². The Labute approximate surface area is 93.1 Å². The molecule has 0 amide bonds. The van der Waals surface area contributed by atoms with E-state index in [1.54, 1.807) is 0 Å². The van der Waals surface area contributed by atoms with Crippen molar-refractivity contribution < 1.29 is 9.53 Å². The minimum atomic E-state index is -0.328. The Kier molecular flexibility index (Phi) is 8.01. The van der Waals surface area contributed by atoms with Crippen molar-refractivity contribution >= 4 is 5.97 Å². The smallest absolute Gasteiger partial charge is 0.330 e. The van der Waals surface area contributed by atoms with Crippen LogP contribution in [0.2, 0.25) is 0 Å². The fourth-order valence-corrected chi connectivity index (χ4v) is 1.45. The van der Waals surface area contributed by atoms with Crippen molar-refractivity contribution in [2.45, 2.75) is 39.7 Å². The first-order valence-electron chi connectivity index (χ1n) is 5.69. The maximum atomic E-state index is 10.9. The number of rotatable bonds is 8. The van der Waals surface area contributed by atoms with Crippen molar-refractivity contribution in [1.82, 2.24) is 4.90 Å². The van der Waals surface area contributed by atoms with Gasteiger partial charge in [-0.25, -0.2) is 4.79 Å². The molecule has 0 aromatic carbocycles. The maximum absolute atomic E-state index is 10.9. The summed E-state index contributed by atoms with van der Waals surface area (Å²) in [6, 6.07) is 0. The lowest BCUT2D eigenvalue weighted by Gasteiger charge is -2.19. The lowest BCUT2D eigenvalue weighted by Crippen LogP contribution is -2.25. The van der Waals surface area contributed by atoms with Gasteiger partial charge in [0.25, 0.3) is 0 Å². The van der Waals surface area contributed by atoms with Crippen LogP contribution in [0.3, 0.4) is 0 Å². The van der Waals surface area contributed by atoms with Gasteiger partial charge >= 0.3 is 5.97 Å². The van der Waals surface area contributed by atoms with Crippen LogP contribution in [-0.2, 0) is 9.53 Å². The van der Waals surface area contributed by atoms with Gasteiger partial charge in [-0.15, -0.1) is 0 Å². The van der Waals surface area contributed by atoms with E-state index in [1.165, 1.54) is 6.08 Å². The average molecular weight is 213 g/mol. The first-order valence-corrected chi connectivity index (χ1v) is 5.69. The molecule has 0 fully saturated rings. The standard InChI is InChI=1S/C12H23NO2/c1-5-12(14)15-11(4)9-8-10-13(6-2)7-3/h5,11H,1,6-10H2,2-4H3. The fraction of sp³-hybridized carbons (Fsp3) is 0.750. The van der Waals surface area contributed by atoms with Crippen molar-refractivity contribution in [3.05, 3.63) is 12.7 Å². The number of esters is 1. The highest BCUT2D eigenvalue weighted by Gasteiger charge is 2.07. The van der Waals surface area contributed by atoms with Crippen LogP contribution in [-0.4, -0.2) is 36.6 Å². The lowest BCUT2D eigenvalue weighted by molar-refractivity contribution is -0.142. The van der Waals surface area contributed by atoms with Crippen LogP contribution in [0.25, 0.3) is 0 Å². The van der Waals surface area contributed by atoms with Crippen LogP contribution in [0.4, 0.5) is 0 Å². The summed E-state index contributed by atoms with van der Waals surface area (Å²) >= 11 is 0. The van der Waals surface area contributed by atoms with E-state index in [4.69, 9.17) is 4.74 Å². The second kappa shape index (κ2) is 8.48. The number of nitrogens with zero attached hydrogens (tertiary/aromatic N) is 1. The molecule has 1 atom stereocenters. The van der Waals surface area contributed by atoms with Crippen molar-refractivity contribution in [3.63, 3.8) is 0 Å². The van der Waals surface area contributed by atoms with Gasteiger partial charge in [-0.3, -0.25) is 0 Å². The molecule has 0 spiro atoms. The van der Waals surface area contributed by atoms with Gasteiger partial charge in [0.15, 0.2) is 0 Å². The van der Waals surface area contributed by atoms with E-state index in [9.17, 15) is 4.79 Å². The molecule has 0 N–H and O–H groups in total. The third kappa shape index (κ3) is 7.14. The van der Waals surface area contributed by atoms with Crippen LogP contribution in [0, 0.1) is 0 Å². The summed E-state index contributed by atoms with van der Waals surface area (Å²) in [5, 5.41) is 0. The van der Waals surface area contributed by atoms with E-state index in [2.05, 4.69) is 25.3 Å². The molecule has 0 radical (unpaired) electrons. The molecule has 0 heterocycles. The first kappa shape index (κ1) is 14.2. The van der Waals surface area contributed by atoms with Gasteiger partial charge < -0.3 is 9.64 Å². The summed E-state index contributed by atoms with van der Waals surface area (Å²) in [5.74, 6) is -0.328. The quantitative estimate of drug-likeness (QED) is 0.457. The summed E-state index contributed by atoms with van der Waals surface area (Å²) in [6.45, 7) is 12.8. The van der Waals surface area contributed by atoms with Crippen molar-refractivity contribution in [1.29, 1.82) is 0 Å². The van der Waals surface area contributed by atoms with Crippen LogP contribution in [0.5, 0.6) is 0 Å². The zero-order valence-corrected chi connectivity index (χ0v) is 10.2. The molecule has 0 bridgehead atoms. The van der Waals surface area contributed by atoms with Crippen LogP contribution >= 0.6 is 0 Å². The normalized spacial score (nSPS) is 12.5. The summed E-state index contributed by atoms with van der Waals surface area (Å²) < 4.78 is 5.07. The second-order valence-electron chi connectivity index (χ2n) is 3.62. The van der Waals surface area contributed by atoms with E-state index in [0.29, 0.717) is 0 Å². The van der Waals surface area contributed by atoms with E-state index in [0.717, 1.165) is 32.5 Å². The number of carbonyl (C=O) groups is 1. The van der Waals surface area contributed by atoms with Gasteiger partial charge in [-0.1, -0.05) is 20.4 Å². The molecule has 15 heavy (non-hydrogen) atoms. The number of hydrogen-bond acceptors (Lipinski definition) is 3. The van der Waals surface area contributed by atoms with Gasteiger partial charge in [0.1, 0.15) is 0 Å². The van der Waals surface area contributed by atoms with Crippen LogP contribution in [0.1, 0.15) is 33.6 Å². The summed E-state index contributed by atoms with van der Waals surface area (Å²) in [7, 11) is 0. The molecule has 0 saturated heterocycles. The van der Waals surface area contributed by atoms with Crippen molar-refractivity contribution in [2.24, 2.45) is 0 Å². The van der Waals surface area contributed by atoms with Gasteiger partial charge in [0.05, 0.1) is 6.10 Å². The molecule has 3 heteroatoms. The molecule has 0 aromatic rings. The summed E-state index contributed by atoms with van der Waals surface area (Å²) in [4.78, 5) is 13.2. The molecule has 0 aliphatic heterocycles. The molecule has 0 aromatic heterocycles. The second-order valence-corrected chi connectivity index (χ2v) is 3.62. The number of hydrogen-bond donors (Lipinski definition) is 0. The predicted octanol–water partition coefficient (Wildman–Crippen LogP) is 2.23. The van der Waals surface area contributed by atoms with Crippen LogP contribution < -0.4 is 0 Å². The largest absolute Gasteiger partial charge is 0.460 e.